The maximum atomic E-state index is 12.8. The van der Waals surface area contributed by atoms with E-state index in [9.17, 15) is 9.59 Å². The first-order valence-corrected chi connectivity index (χ1v) is 8.25. The summed E-state index contributed by atoms with van der Waals surface area (Å²) >= 11 is 0. The van der Waals surface area contributed by atoms with Gasteiger partial charge in [-0.15, -0.1) is 0 Å². The summed E-state index contributed by atoms with van der Waals surface area (Å²) in [5.41, 5.74) is 12.7. The second-order valence-corrected chi connectivity index (χ2v) is 6.48. The summed E-state index contributed by atoms with van der Waals surface area (Å²) in [6.45, 7) is 0.856. The lowest BCUT2D eigenvalue weighted by molar-refractivity contribution is -0.134. The first-order valence-electron chi connectivity index (χ1n) is 8.25. The van der Waals surface area contributed by atoms with Gasteiger partial charge in [-0.25, -0.2) is 5.43 Å². The standard InChI is InChI=1S/C17H24N4O2/c18-16(22)8-9-21(11-12-4-2-1-3-5-12)17(23)15-10-14(19-20-15)13-6-7-13/h1-5,13-15,19-20H,6-11H2,(H2,18,22). The van der Waals surface area contributed by atoms with Crippen molar-refractivity contribution in [2.24, 2.45) is 11.7 Å². The Balaban J connectivity index is 1.63. The molecule has 1 heterocycles. The number of primary amides is 1. The lowest BCUT2D eigenvalue weighted by atomic mass is 10.0. The van der Waals surface area contributed by atoms with Gasteiger partial charge in [0.05, 0.1) is 0 Å². The van der Waals surface area contributed by atoms with Crippen molar-refractivity contribution in [1.82, 2.24) is 15.8 Å². The molecule has 2 atom stereocenters. The second-order valence-electron chi connectivity index (χ2n) is 6.48. The summed E-state index contributed by atoms with van der Waals surface area (Å²) < 4.78 is 0. The first kappa shape index (κ1) is 16.0. The van der Waals surface area contributed by atoms with E-state index < -0.39 is 0 Å². The first-order chi connectivity index (χ1) is 11.1. The van der Waals surface area contributed by atoms with Gasteiger partial charge in [-0.05, 0) is 30.7 Å². The highest BCUT2D eigenvalue weighted by atomic mass is 16.2. The monoisotopic (exact) mass is 316 g/mol. The van der Waals surface area contributed by atoms with Gasteiger partial charge in [0.15, 0.2) is 0 Å². The Hall–Kier alpha value is -1.92. The fourth-order valence-electron chi connectivity index (χ4n) is 3.09. The molecule has 2 amide bonds. The summed E-state index contributed by atoms with van der Waals surface area (Å²) in [4.78, 5) is 25.7. The number of rotatable bonds is 7. The number of hydrogen-bond acceptors (Lipinski definition) is 4. The van der Waals surface area contributed by atoms with Gasteiger partial charge in [-0.1, -0.05) is 30.3 Å². The van der Waals surface area contributed by atoms with Gasteiger partial charge in [0.2, 0.25) is 11.8 Å². The summed E-state index contributed by atoms with van der Waals surface area (Å²) in [6.07, 6.45) is 3.49. The molecule has 1 saturated carbocycles. The van der Waals surface area contributed by atoms with Crippen molar-refractivity contribution in [3.05, 3.63) is 35.9 Å². The van der Waals surface area contributed by atoms with Crippen molar-refractivity contribution < 1.29 is 9.59 Å². The lowest BCUT2D eigenvalue weighted by Crippen LogP contribution is -2.46. The highest BCUT2D eigenvalue weighted by Gasteiger charge is 2.39. The van der Waals surface area contributed by atoms with Gasteiger partial charge < -0.3 is 10.6 Å². The molecule has 1 saturated heterocycles. The quantitative estimate of drug-likeness (QED) is 0.685. The van der Waals surface area contributed by atoms with Gasteiger partial charge in [0.25, 0.3) is 0 Å². The molecular formula is C17H24N4O2. The van der Waals surface area contributed by atoms with Crippen LogP contribution in [0.1, 0.15) is 31.2 Å². The van der Waals surface area contributed by atoms with Gasteiger partial charge >= 0.3 is 0 Å². The molecular weight excluding hydrogens is 292 g/mol. The Morgan fingerprint density at radius 1 is 1.17 bits per heavy atom. The molecule has 2 fully saturated rings. The molecule has 23 heavy (non-hydrogen) atoms. The van der Waals surface area contributed by atoms with E-state index >= 15 is 0 Å². The van der Waals surface area contributed by atoms with E-state index in [4.69, 9.17) is 5.73 Å². The van der Waals surface area contributed by atoms with Crippen molar-refractivity contribution in [3.63, 3.8) is 0 Å². The normalized spacial score (nSPS) is 23.7. The molecule has 6 heteroatoms. The lowest BCUT2D eigenvalue weighted by Gasteiger charge is -2.25. The molecule has 1 aromatic carbocycles. The van der Waals surface area contributed by atoms with Crippen molar-refractivity contribution in [2.75, 3.05) is 6.54 Å². The molecule has 1 aromatic rings. The van der Waals surface area contributed by atoms with E-state index in [0.717, 1.165) is 12.0 Å². The Labute approximate surface area is 136 Å². The number of benzene rings is 1. The number of hydrazine groups is 1. The second kappa shape index (κ2) is 7.10. The Morgan fingerprint density at radius 3 is 2.57 bits per heavy atom. The highest BCUT2D eigenvalue weighted by molar-refractivity contribution is 5.83. The molecule has 2 aliphatic rings. The molecule has 2 unspecified atom stereocenters. The zero-order chi connectivity index (χ0) is 16.2. The van der Waals surface area contributed by atoms with E-state index in [0.29, 0.717) is 25.0 Å². The van der Waals surface area contributed by atoms with E-state index in [1.165, 1.54) is 12.8 Å². The van der Waals surface area contributed by atoms with Crippen LogP contribution in [0.2, 0.25) is 0 Å². The number of amides is 2. The fraction of sp³-hybridized carbons (Fsp3) is 0.529. The van der Waals surface area contributed by atoms with Gasteiger partial charge in [0, 0.05) is 25.6 Å². The van der Waals surface area contributed by atoms with Crippen molar-refractivity contribution in [3.8, 4) is 0 Å². The minimum absolute atomic E-state index is 0.0331. The van der Waals surface area contributed by atoms with Crippen LogP contribution in [-0.2, 0) is 16.1 Å². The number of nitrogens with zero attached hydrogens (tertiary/aromatic N) is 1. The summed E-state index contributed by atoms with van der Waals surface area (Å²) in [7, 11) is 0. The third kappa shape index (κ3) is 4.30. The van der Waals surface area contributed by atoms with Crippen LogP contribution in [0.4, 0.5) is 0 Å². The van der Waals surface area contributed by atoms with Gasteiger partial charge in [0.1, 0.15) is 6.04 Å². The predicted molar refractivity (Wildman–Crippen MR) is 86.9 cm³/mol. The largest absolute Gasteiger partial charge is 0.370 e. The van der Waals surface area contributed by atoms with Crippen LogP contribution in [0.3, 0.4) is 0 Å². The number of hydrogen-bond donors (Lipinski definition) is 3. The number of carbonyl (C=O) groups is 2. The summed E-state index contributed by atoms with van der Waals surface area (Å²) in [6, 6.07) is 9.97. The zero-order valence-corrected chi connectivity index (χ0v) is 13.2. The summed E-state index contributed by atoms with van der Waals surface area (Å²) in [5, 5.41) is 0. The van der Waals surface area contributed by atoms with Crippen LogP contribution < -0.4 is 16.6 Å². The van der Waals surface area contributed by atoms with Crippen LogP contribution in [-0.4, -0.2) is 35.3 Å². The molecule has 3 rings (SSSR count). The van der Waals surface area contributed by atoms with Crippen molar-refractivity contribution in [1.29, 1.82) is 0 Å². The van der Waals surface area contributed by atoms with Gasteiger partial charge in [-0.3, -0.25) is 15.0 Å². The number of nitrogens with two attached hydrogens (primary N) is 1. The maximum absolute atomic E-state index is 12.8. The Bertz CT molecular complexity index is 559. The SMILES string of the molecule is NC(=O)CCN(Cc1ccccc1)C(=O)C1CC(C2CC2)NN1. The van der Waals surface area contributed by atoms with Crippen LogP contribution in [0.5, 0.6) is 0 Å². The van der Waals surface area contributed by atoms with E-state index in [-0.39, 0.29) is 24.3 Å². The minimum atomic E-state index is -0.385. The topological polar surface area (TPSA) is 87.5 Å². The van der Waals surface area contributed by atoms with Gasteiger partial charge in [-0.2, -0.15) is 0 Å². The molecule has 0 radical (unpaired) electrons. The Morgan fingerprint density at radius 2 is 1.91 bits per heavy atom. The van der Waals surface area contributed by atoms with Crippen LogP contribution in [0, 0.1) is 5.92 Å². The number of carbonyl (C=O) groups excluding carboxylic acids is 2. The fourth-order valence-corrected chi connectivity index (χ4v) is 3.09. The molecule has 0 aromatic heterocycles. The third-order valence-corrected chi connectivity index (χ3v) is 4.58. The molecule has 1 aliphatic heterocycles. The smallest absolute Gasteiger partial charge is 0.241 e. The molecule has 0 spiro atoms. The third-order valence-electron chi connectivity index (χ3n) is 4.58. The van der Waals surface area contributed by atoms with Crippen molar-refractivity contribution in [2.45, 2.75) is 44.3 Å². The molecule has 6 nitrogen and oxygen atoms in total. The predicted octanol–water partition coefficient (Wildman–Crippen LogP) is 0.536. The molecule has 1 aliphatic carbocycles. The van der Waals surface area contributed by atoms with Crippen LogP contribution >= 0.6 is 0 Å². The zero-order valence-electron chi connectivity index (χ0n) is 13.2. The van der Waals surface area contributed by atoms with Crippen LogP contribution in [0.25, 0.3) is 0 Å². The Kier molecular flexibility index (Phi) is 4.93. The van der Waals surface area contributed by atoms with E-state index in [1.54, 1.807) is 4.90 Å². The van der Waals surface area contributed by atoms with E-state index in [1.807, 2.05) is 30.3 Å². The molecule has 4 N–H and O–H groups in total. The number of nitrogens with one attached hydrogen (secondary N) is 2. The summed E-state index contributed by atoms with van der Waals surface area (Å²) in [5.74, 6) is 0.350. The van der Waals surface area contributed by atoms with E-state index in [2.05, 4.69) is 10.9 Å². The maximum Gasteiger partial charge on any atom is 0.241 e. The van der Waals surface area contributed by atoms with Crippen molar-refractivity contribution >= 4 is 11.8 Å². The van der Waals surface area contributed by atoms with Crippen LogP contribution in [0.15, 0.2) is 30.3 Å². The molecule has 0 bridgehead atoms. The average molecular weight is 316 g/mol. The minimum Gasteiger partial charge on any atom is -0.370 e. The molecule has 124 valence electrons. The average Bonchev–Trinajstić information content (AvgIpc) is 3.29. The highest BCUT2D eigenvalue weighted by Crippen LogP contribution is 2.35.